The predicted molar refractivity (Wildman–Crippen MR) is 199 cm³/mol. The highest BCUT2D eigenvalue weighted by molar-refractivity contribution is 6.07. The topological polar surface area (TPSA) is 110 Å². The monoisotopic (exact) mass is 691 g/mol. The first-order valence-electron chi connectivity index (χ1n) is 17.4. The molecule has 0 aliphatic carbocycles. The molecule has 1 aromatic heterocycles. The molecule has 52 heavy (non-hydrogen) atoms. The van der Waals surface area contributed by atoms with Crippen LogP contribution in [0.1, 0.15) is 55.4 Å². The number of pyridine rings is 1. The van der Waals surface area contributed by atoms with E-state index in [1.54, 1.807) is 13.2 Å². The Balaban J connectivity index is 1.27. The highest BCUT2D eigenvalue weighted by atomic mass is 16.5. The summed E-state index contributed by atoms with van der Waals surface area (Å²) in [7, 11) is 1.57. The summed E-state index contributed by atoms with van der Waals surface area (Å²) in [6, 6.07) is 33.6. The van der Waals surface area contributed by atoms with Gasteiger partial charge in [0.2, 0.25) is 0 Å². The molecule has 0 saturated carbocycles. The third-order valence-electron chi connectivity index (χ3n) is 9.70. The van der Waals surface area contributed by atoms with E-state index in [1.165, 1.54) is 12.1 Å². The molecule has 2 N–H and O–H groups in total. The normalized spacial score (nSPS) is 15.5. The first kappa shape index (κ1) is 32.8. The minimum atomic E-state index is -0.476. The van der Waals surface area contributed by atoms with Crippen molar-refractivity contribution in [2.75, 3.05) is 26.8 Å². The molecule has 3 aliphatic heterocycles. The predicted octanol–water partition coefficient (Wildman–Crippen LogP) is 8.02. The van der Waals surface area contributed by atoms with Crippen LogP contribution in [-0.4, -0.2) is 53.6 Å². The zero-order valence-corrected chi connectivity index (χ0v) is 28.9. The lowest BCUT2D eigenvalue weighted by Gasteiger charge is -2.38. The summed E-state index contributed by atoms with van der Waals surface area (Å²) in [6.45, 7) is 3.18. The van der Waals surface area contributed by atoms with Crippen molar-refractivity contribution in [2.45, 2.75) is 25.8 Å². The molecule has 1 unspecified atom stereocenters. The second-order valence-electron chi connectivity index (χ2n) is 13.1. The number of ether oxygens (including phenoxy) is 3. The second-order valence-corrected chi connectivity index (χ2v) is 13.1. The van der Waals surface area contributed by atoms with Gasteiger partial charge in [-0.15, -0.1) is 0 Å². The number of amides is 2. The number of hydrogen-bond donors (Lipinski definition) is 2. The average Bonchev–Trinajstić information content (AvgIpc) is 3.17. The molecule has 260 valence electrons. The highest BCUT2D eigenvalue weighted by Crippen LogP contribution is 2.44. The summed E-state index contributed by atoms with van der Waals surface area (Å²) in [6.07, 6.45) is 1.10. The number of rotatable bonds is 3. The Hall–Kier alpha value is -6.35. The molecule has 1 atom stereocenters. The fourth-order valence-electron chi connectivity index (χ4n) is 7.04. The number of aryl methyl sites for hydroxylation is 1. The van der Waals surface area contributed by atoms with Gasteiger partial charge in [-0.3, -0.25) is 9.59 Å². The molecule has 0 radical (unpaired) electrons. The summed E-state index contributed by atoms with van der Waals surface area (Å²) in [5.74, 6) is 1.27. The number of benzene rings is 5. The number of fused-ring (bicyclic) bond motifs is 7. The molecule has 5 aromatic carbocycles. The standard InChI is InChI=1S/C43H37N3O6/c1-26-11-13-27(14-12-26)37-24-34(32-9-3-4-10-36(32)45-37)43(49)46-19-17-28-22-40-39(50-2)25-33(28)41(46)29-7-5-8-30(21-29)51-20-6-18-44-42(48)35-23-31(52-40)15-16-38(35)47/h3-5,7-16,21-25,41,47H,6,17-20H2,1-2H3,(H,44,48). The van der Waals surface area contributed by atoms with Crippen LogP contribution in [0.15, 0.2) is 109 Å². The molecule has 8 bridgehead atoms. The van der Waals surface area contributed by atoms with Crippen molar-refractivity contribution in [2.24, 2.45) is 0 Å². The number of methoxy groups -OCH3 is 1. The Morgan fingerprint density at radius 1 is 0.942 bits per heavy atom. The van der Waals surface area contributed by atoms with E-state index in [0.717, 1.165) is 44.4 Å². The molecule has 0 fully saturated rings. The van der Waals surface area contributed by atoms with Crippen LogP contribution in [-0.2, 0) is 6.42 Å². The van der Waals surface area contributed by atoms with Gasteiger partial charge in [-0.25, -0.2) is 4.98 Å². The molecule has 2 amide bonds. The van der Waals surface area contributed by atoms with Crippen molar-refractivity contribution in [3.05, 3.63) is 143 Å². The zero-order valence-electron chi connectivity index (χ0n) is 28.9. The molecule has 4 heterocycles. The summed E-state index contributed by atoms with van der Waals surface area (Å²) >= 11 is 0. The molecule has 9 nitrogen and oxygen atoms in total. The zero-order chi connectivity index (χ0) is 35.8. The van der Waals surface area contributed by atoms with Gasteiger partial charge in [-0.2, -0.15) is 0 Å². The summed E-state index contributed by atoms with van der Waals surface area (Å²) in [5, 5.41) is 14.1. The van der Waals surface area contributed by atoms with Crippen LogP contribution in [0.5, 0.6) is 28.7 Å². The van der Waals surface area contributed by atoms with Gasteiger partial charge in [0.15, 0.2) is 11.5 Å². The van der Waals surface area contributed by atoms with E-state index in [0.29, 0.717) is 61.1 Å². The average molecular weight is 692 g/mol. The number of phenols is 1. The minimum absolute atomic E-state index is 0.104. The van der Waals surface area contributed by atoms with Crippen molar-refractivity contribution in [3.8, 4) is 40.0 Å². The molecular formula is C43H37N3O6. The third kappa shape index (κ3) is 6.26. The quantitative estimate of drug-likeness (QED) is 0.193. The first-order chi connectivity index (χ1) is 25.4. The van der Waals surface area contributed by atoms with Gasteiger partial charge in [0, 0.05) is 24.0 Å². The summed E-state index contributed by atoms with van der Waals surface area (Å²) < 4.78 is 18.4. The molecule has 3 aliphatic rings. The minimum Gasteiger partial charge on any atom is -0.507 e. The van der Waals surface area contributed by atoms with E-state index in [4.69, 9.17) is 19.2 Å². The smallest absolute Gasteiger partial charge is 0.255 e. The van der Waals surface area contributed by atoms with Crippen LogP contribution in [0.2, 0.25) is 0 Å². The maximum atomic E-state index is 15.1. The van der Waals surface area contributed by atoms with Gasteiger partial charge in [0.1, 0.15) is 17.2 Å². The number of hydrogen-bond acceptors (Lipinski definition) is 7. The maximum absolute atomic E-state index is 15.1. The van der Waals surface area contributed by atoms with Gasteiger partial charge < -0.3 is 29.5 Å². The highest BCUT2D eigenvalue weighted by Gasteiger charge is 2.35. The van der Waals surface area contributed by atoms with E-state index in [-0.39, 0.29) is 17.2 Å². The Bertz CT molecular complexity index is 2340. The van der Waals surface area contributed by atoms with Crippen LogP contribution in [0.25, 0.3) is 22.2 Å². The third-order valence-corrected chi connectivity index (χ3v) is 9.70. The Kier molecular flexibility index (Phi) is 8.68. The molecular weight excluding hydrogens is 654 g/mol. The van der Waals surface area contributed by atoms with Crippen LogP contribution in [0, 0.1) is 6.92 Å². The lowest BCUT2D eigenvalue weighted by atomic mass is 9.86. The van der Waals surface area contributed by atoms with Crippen molar-refractivity contribution < 1.29 is 28.9 Å². The lowest BCUT2D eigenvalue weighted by Crippen LogP contribution is -2.40. The van der Waals surface area contributed by atoms with Crippen molar-refractivity contribution in [1.29, 1.82) is 0 Å². The van der Waals surface area contributed by atoms with Gasteiger partial charge >= 0.3 is 0 Å². The van der Waals surface area contributed by atoms with E-state index in [1.807, 2.05) is 103 Å². The summed E-state index contributed by atoms with van der Waals surface area (Å²) in [5.41, 5.74) is 7.04. The Morgan fingerprint density at radius 2 is 1.79 bits per heavy atom. The maximum Gasteiger partial charge on any atom is 0.255 e. The van der Waals surface area contributed by atoms with E-state index in [9.17, 15) is 9.90 Å². The first-order valence-corrected chi connectivity index (χ1v) is 17.4. The fraction of sp³-hybridized carbons (Fsp3) is 0.186. The SMILES string of the molecule is COc1cc2c3cc1Oc1ccc(O)c(c1)C(=O)NCCCOc1cccc(c1)C2N(C(=O)c1cc(-c2ccc(C)cc2)nc2ccccc12)CC3. The number of aromatic nitrogens is 1. The largest absolute Gasteiger partial charge is 0.507 e. The molecule has 0 saturated heterocycles. The number of phenolic OH excluding ortho intramolecular Hbond substituents is 1. The van der Waals surface area contributed by atoms with E-state index >= 15 is 4.79 Å². The number of nitrogens with one attached hydrogen (secondary N) is 1. The molecule has 0 spiro atoms. The van der Waals surface area contributed by atoms with Crippen molar-refractivity contribution >= 4 is 22.7 Å². The van der Waals surface area contributed by atoms with Crippen LogP contribution in [0.3, 0.4) is 0 Å². The van der Waals surface area contributed by atoms with Gasteiger partial charge in [-0.05, 0) is 91.1 Å². The number of aromatic hydroxyl groups is 1. The number of carbonyl (C=O) groups is 2. The Labute approximate surface area is 301 Å². The summed E-state index contributed by atoms with van der Waals surface area (Å²) in [4.78, 5) is 34.9. The molecule has 9 rings (SSSR count). The number of carbonyl (C=O) groups excluding carboxylic acids is 2. The van der Waals surface area contributed by atoms with Gasteiger partial charge in [0.05, 0.1) is 42.1 Å². The van der Waals surface area contributed by atoms with E-state index in [2.05, 4.69) is 5.32 Å². The van der Waals surface area contributed by atoms with Gasteiger partial charge in [0.25, 0.3) is 11.8 Å². The second kappa shape index (κ2) is 13.8. The van der Waals surface area contributed by atoms with Crippen LogP contribution < -0.4 is 19.5 Å². The van der Waals surface area contributed by atoms with Crippen LogP contribution >= 0.6 is 0 Å². The Morgan fingerprint density at radius 3 is 2.63 bits per heavy atom. The number of nitrogens with zero attached hydrogens (tertiary/aromatic N) is 2. The lowest BCUT2D eigenvalue weighted by molar-refractivity contribution is 0.0695. The van der Waals surface area contributed by atoms with E-state index < -0.39 is 11.9 Å². The molecule has 9 heteroatoms. The fourth-order valence-corrected chi connectivity index (χ4v) is 7.04. The number of para-hydroxylation sites is 1. The van der Waals surface area contributed by atoms with Crippen molar-refractivity contribution in [3.63, 3.8) is 0 Å². The van der Waals surface area contributed by atoms with Crippen LogP contribution in [0.4, 0.5) is 0 Å². The molecule has 6 aromatic rings. The van der Waals surface area contributed by atoms with Crippen molar-refractivity contribution in [1.82, 2.24) is 15.2 Å². The van der Waals surface area contributed by atoms with Gasteiger partial charge in [-0.1, -0.05) is 60.2 Å².